The van der Waals surface area contributed by atoms with Gasteiger partial charge in [0.1, 0.15) is 12.0 Å². The lowest BCUT2D eigenvalue weighted by Gasteiger charge is -2.21. The van der Waals surface area contributed by atoms with E-state index in [2.05, 4.69) is 30.7 Å². The Balaban J connectivity index is 3.22. The molecule has 0 aliphatic rings. The molecule has 0 amide bonds. The number of aromatic nitrogens is 2. The van der Waals surface area contributed by atoms with Gasteiger partial charge in [0.2, 0.25) is 0 Å². The maximum atomic E-state index is 5.35. The predicted octanol–water partition coefficient (Wildman–Crippen LogP) is 1.93. The van der Waals surface area contributed by atoms with Crippen LogP contribution in [0.2, 0.25) is 0 Å². The highest BCUT2D eigenvalue weighted by Gasteiger charge is 2.23. The first-order chi connectivity index (χ1) is 7.00. The van der Waals surface area contributed by atoms with Crippen molar-refractivity contribution < 1.29 is 9.47 Å². The molecule has 0 atom stereocenters. The molecule has 4 nitrogen and oxygen atoms in total. The van der Waals surface area contributed by atoms with Gasteiger partial charge in [0.25, 0.3) is 0 Å². The molecule has 0 aliphatic carbocycles. The van der Waals surface area contributed by atoms with Gasteiger partial charge in [-0.3, -0.25) is 0 Å². The van der Waals surface area contributed by atoms with E-state index in [-0.39, 0.29) is 5.41 Å². The van der Waals surface area contributed by atoms with Crippen molar-refractivity contribution >= 4 is 0 Å². The third-order valence-corrected chi connectivity index (χ3v) is 2.07. The molecule has 4 heteroatoms. The molecular weight excluding hydrogens is 192 g/mol. The maximum absolute atomic E-state index is 5.35. The number of methoxy groups -OCH3 is 2. The quantitative estimate of drug-likeness (QED) is 0.764. The van der Waals surface area contributed by atoms with Crippen LogP contribution >= 0.6 is 0 Å². The SMILES string of the molecule is COCc1ncnc(C(C)(C)C)c1OC. The first-order valence-electron chi connectivity index (χ1n) is 4.88. The Bertz CT molecular complexity index is 332. The van der Waals surface area contributed by atoms with Crippen LogP contribution in [-0.2, 0) is 16.8 Å². The zero-order valence-electron chi connectivity index (χ0n) is 10.00. The van der Waals surface area contributed by atoms with Crippen molar-refractivity contribution in [2.24, 2.45) is 0 Å². The fourth-order valence-corrected chi connectivity index (χ4v) is 1.40. The Morgan fingerprint density at radius 2 is 1.87 bits per heavy atom. The van der Waals surface area contributed by atoms with Gasteiger partial charge in [0, 0.05) is 12.5 Å². The Morgan fingerprint density at radius 1 is 1.20 bits per heavy atom. The standard InChI is InChI=1S/C11H18N2O2/c1-11(2,3)10-9(15-5)8(6-14-4)12-7-13-10/h7H,6H2,1-5H3. The average Bonchev–Trinajstić information content (AvgIpc) is 2.16. The molecule has 15 heavy (non-hydrogen) atoms. The summed E-state index contributed by atoms with van der Waals surface area (Å²) < 4.78 is 10.4. The summed E-state index contributed by atoms with van der Waals surface area (Å²) in [6.07, 6.45) is 1.55. The summed E-state index contributed by atoms with van der Waals surface area (Å²) >= 11 is 0. The molecule has 0 unspecified atom stereocenters. The zero-order chi connectivity index (χ0) is 11.5. The summed E-state index contributed by atoms with van der Waals surface area (Å²) in [5, 5.41) is 0. The van der Waals surface area contributed by atoms with E-state index in [1.54, 1.807) is 20.5 Å². The van der Waals surface area contributed by atoms with E-state index in [0.717, 1.165) is 17.1 Å². The number of nitrogens with zero attached hydrogens (tertiary/aromatic N) is 2. The summed E-state index contributed by atoms with van der Waals surface area (Å²) in [4.78, 5) is 8.42. The molecule has 0 bridgehead atoms. The molecule has 1 aromatic heterocycles. The summed E-state index contributed by atoms with van der Waals surface area (Å²) in [6.45, 7) is 6.71. The second kappa shape index (κ2) is 4.57. The third kappa shape index (κ3) is 2.65. The summed E-state index contributed by atoms with van der Waals surface area (Å²) in [5.74, 6) is 0.729. The third-order valence-electron chi connectivity index (χ3n) is 2.07. The van der Waals surface area contributed by atoms with Crippen LogP contribution in [0.3, 0.4) is 0 Å². The van der Waals surface area contributed by atoms with Crippen LogP contribution in [0.4, 0.5) is 0 Å². The van der Waals surface area contributed by atoms with Crippen molar-refractivity contribution in [1.29, 1.82) is 0 Å². The Morgan fingerprint density at radius 3 is 2.33 bits per heavy atom. The molecule has 0 N–H and O–H groups in total. The van der Waals surface area contributed by atoms with Crippen molar-refractivity contribution in [2.45, 2.75) is 32.8 Å². The van der Waals surface area contributed by atoms with Crippen LogP contribution in [-0.4, -0.2) is 24.2 Å². The Hall–Kier alpha value is -1.16. The van der Waals surface area contributed by atoms with Crippen molar-refractivity contribution in [2.75, 3.05) is 14.2 Å². The average molecular weight is 210 g/mol. The lowest BCUT2D eigenvalue weighted by Crippen LogP contribution is -2.17. The van der Waals surface area contributed by atoms with Crippen LogP contribution in [0.5, 0.6) is 5.75 Å². The van der Waals surface area contributed by atoms with Gasteiger partial charge in [0.15, 0.2) is 5.75 Å². The van der Waals surface area contributed by atoms with Crippen molar-refractivity contribution in [3.63, 3.8) is 0 Å². The zero-order valence-corrected chi connectivity index (χ0v) is 10.00. The topological polar surface area (TPSA) is 44.2 Å². The maximum Gasteiger partial charge on any atom is 0.164 e. The molecule has 0 radical (unpaired) electrons. The molecule has 84 valence electrons. The molecular formula is C11H18N2O2. The molecule has 0 saturated heterocycles. The van der Waals surface area contributed by atoms with Crippen molar-refractivity contribution in [3.05, 3.63) is 17.7 Å². The van der Waals surface area contributed by atoms with Gasteiger partial charge in [0.05, 0.1) is 19.4 Å². The van der Waals surface area contributed by atoms with Crippen LogP contribution < -0.4 is 4.74 Å². The molecule has 1 aromatic rings. The predicted molar refractivity (Wildman–Crippen MR) is 58.0 cm³/mol. The van der Waals surface area contributed by atoms with E-state index in [1.807, 2.05) is 0 Å². The molecule has 0 aliphatic heterocycles. The number of rotatable bonds is 3. The summed E-state index contributed by atoms with van der Waals surface area (Å²) in [5.41, 5.74) is 1.64. The minimum absolute atomic E-state index is 0.0588. The van der Waals surface area contributed by atoms with Gasteiger partial charge in [-0.2, -0.15) is 0 Å². The normalized spacial score (nSPS) is 11.5. The smallest absolute Gasteiger partial charge is 0.164 e. The van der Waals surface area contributed by atoms with Gasteiger partial charge in [-0.25, -0.2) is 9.97 Å². The van der Waals surface area contributed by atoms with Gasteiger partial charge in [-0.15, -0.1) is 0 Å². The summed E-state index contributed by atoms with van der Waals surface area (Å²) in [7, 11) is 3.27. The second-order valence-corrected chi connectivity index (χ2v) is 4.39. The minimum Gasteiger partial charge on any atom is -0.493 e. The van der Waals surface area contributed by atoms with Gasteiger partial charge in [-0.05, 0) is 0 Å². The van der Waals surface area contributed by atoms with Gasteiger partial charge >= 0.3 is 0 Å². The summed E-state index contributed by atoms with van der Waals surface area (Å²) in [6, 6.07) is 0. The van der Waals surface area contributed by atoms with E-state index < -0.39 is 0 Å². The largest absolute Gasteiger partial charge is 0.493 e. The highest BCUT2D eigenvalue weighted by molar-refractivity contribution is 5.36. The highest BCUT2D eigenvalue weighted by Crippen LogP contribution is 2.30. The number of ether oxygens (including phenoxy) is 2. The van der Waals surface area contributed by atoms with E-state index in [1.165, 1.54) is 0 Å². The Kier molecular flexibility index (Phi) is 3.63. The highest BCUT2D eigenvalue weighted by atomic mass is 16.5. The fourth-order valence-electron chi connectivity index (χ4n) is 1.40. The first-order valence-corrected chi connectivity index (χ1v) is 4.88. The molecule has 0 aromatic carbocycles. The van der Waals surface area contributed by atoms with E-state index in [4.69, 9.17) is 9.47 Å². The number of hydrogen-bond donors (Lipinski definition) is 0. The molecule has 0 saturated carbocycles. The molecule has 1 rings (SSSR count). The van der Waals surface area contributed by atoms with Gasteiger partial charge in [-0.1, -0.05) is 20.8 Å². The number of hydrogen-bond acceptors (Lipinski definition) is 4. The van der Waals surface area contributed by atoms with Gasteiger partial charge < -0.3 is 9.47 Å². The molecule has 0 spiro atoms. The minimum atomic E-state index is -0.0588. The molecule has 1 heterocycles. The van der Waals surface area contributed by atoms with E-state index in [0.29, 0.717) is 6.61 Å². The fraction of sp³-hybridized carbons (Fsp3) is 0.636. The monoisotopic (exact) mass is 210 g/mol. The Labute approximate surface area is 90.7 Å². The van der Waals surface area contributed by atoms with Crippen molar-refractivity contribution in [1.82, 2.24) is 9.97 Å². The van der Waals surface area contributed by atoms with Crippen LogP contribution in [0.25, 0.3) is 0 Å². The first kappa shape index (κ1) is 11.9. The second-order valence-electron chi connectivity index (χ2n) is 4.39. The van der Waals surface area contributed by atoms with E-state index in [9.17, 15) is 0 Å². The lowest BCUT2D eigenvalue weighted by atomic mass is 9.91. The van der Waals surface area contributed by atoms with Crippen molar-refractivity contribution in [3.8, 4) is 5.75 Å². The molecule has 0 fully saturated rings. The van der Waals surface area contributed by atoms with E-state index >= 15 is 0 Å². The van der Waals surface area contributed by atoms with Crippen LogP contribution in [0, 0.1) is 0 Å². The van der Waals surface area contributed by atoms with Crippen LogP contribution in [0.15, 0.2) is 6.33 Å². The van der Waals surface area contributed by atoms with Crippen LogP contribution in [0.1, 0.15) is 32.2 Å². The lowest BCUT2D eigenvalue weighted by molar-refractivity contribution is 0.177.